The van der Waals surface area contributed by atoms with Gasteiger partial charge in [-0.3, -0.25) is 0 Å². The van der Waals surface area contributed by atoms with Gasteiger partial charge in [-0.05, 0) is 12.0 Å². The van der Waals surface area contributed by atoms with Gasteiger partial charge in [0.05, 0.1) is 6.54 Å². The van der Waals surface area contributed by atoms with Gasteiger partial charge in [-0.15, -0.1) is 0 Å². The number of urea groups is 1. The summed E-state index contributed by atoms with van der Waals surface area (Å²) in [7, 11) is 0. The van der Waals surface area contributed by atoms with Gasteiger partial charge in [0.15, 0.2) is 0 Å². The average Bonchev–Trinajstić information content (AvgIpc) is 3.05. The normalized spacial score (nSPS) is 25.2. The minimum Gasteiger partial charge on any atom is -0.324 e. The number of rotatable bonds is 1. The van der Waals surface area contributed by atoms with Gasteiger partial charge in [0.25, 0.3) is 5.92 Å². The number of benzene rings is 1. The standard InChI is InChI=1S/C15H18F2N2O/c16-15(17)7-9-19(11-15)14(20)18-8-6-13(10-18)12-4-2-1-3-5-12/h1-5,13H,6-11H2/t13-/m1/s1. The zero-order valence-corrected chi connectivity index (χ0v) is 11.3. The molecule has 0 saturated carbocycles. The molecule has 2 amide bonds. The first-order chi connectivity index (χ1) is 9.55. The van der Waals surface area contributed by atoms with Crippen molar-refractivity contribution in [2.75, 3.05) is 26.2 Å². The molecule has 108 valence electrons. The molecule has 0 N–H and O–H groups in total. The fourth-order valence-corrected chi connectivity index (χ4v) is 3.03. The van der Waals surface area contributed by atoms with Crippen molar-refractivity contribution in [3.8, 4) is 0 Å². The van der Waals surface area contributed by atoms with E-state index in [2.05, 4.69) is 12.1 Å². The van der Waals surface area contributed by atoms with Gasteiger partial charge in [0.2, 0.25) is 0 Å². The molecule has 3 rings (SSSR count). The number of alkyl halides is 2. The number of amides is 2. The molecular formula is C15H18F2N2O. The Balaban J connectivity index is 1.62. The summed E-state index contributed by atoms with van der Waals surface area (Å²) in [6.45, 7) is 1.02. The summed E-state index contributed by atoms with van der Waals surface area (Å²) >= 11 is 0. The summed E-state index contributed by atoms with van der Waals surface area (Å²) in [6.07, 6.45) is 0.689. The summed E-state index contributed by atoms with van der Waals surface area (Å²) in [4.78, 5) is 15.2. The second-order valence-electron chi connectivity index (χ2n) is 5.65. The SMILES string of the molecule is O=C(N1CC[C@@H](c2ccccc2)C1)N1CCC(F)(F)C1. The molecule has 0 spiro atoms. The van der Waals surface area contributed by atoms with Crippen LogP contribution in [0.5, 0.6) is 0 Å². The lowest BCUT2D eigenvalue weighted by atomic mass is 9.99. The maximum absolute atomic E-state index is 13.2. The van der Waals surface area contributed by atoms with Crippen LogP contribution < -0.4 is 0 Å². The largest absolute Gasteiger partial charge is 0.324 e. The van der Waals surface area contributed by atoms with Gasteiger partial charge < -0.3 is 9.80 Å². The van der Waals surface area contributed by atoms with Crippen molar-refractivity contribution in [3.63, 3.8) is 0 Å². The Kier molecular flexibility index (Phi) is 3.36. The maximum atomic E-state index is 13.2. The number of hydrogen-bond acceptors (Lipinski definition) is 1. The van der Waals surface area contributed by atoms with E-state index >= 15 is 0 Å². The predicted octanol–water partition coefficient (Wildman–Crippen LogP) is 2.94. The molecule has 2 aliphatic heterocycles. The van der Waals surface area contributed by atoms with E-state index in [-0.39, 0.29) is 19.0 Å². The summed E-state index contributed by atoms with van der Waals surface area (Å²) < 4.78 is 26.3. The second-order valence-corrected chi connectivity index (χ2v) is 5.65. The van der Waals surface area contributed by atoms with E-state index in [0.29, 0.717) is 19.0 Å². The van der Waals surface area contributed by atoms with E-state index in [1.54, 1.807) is 4.90 Å². The Morgan fingerprint density at radius 2 is 1.90 bits per heavy atom. The second kappa shape index (κ2) is 5.04. The molecule has 0 bridgehead atoms. The number of likely N-dealkylation sites (tertiary alicyclic amines) is 2. The fourth-order valence-electron chi connectivity index (χ4n) is 3.03. The molecule has 20 heavy (non-hydrogen) atoms. The van der Waals surface area contributed by atoms with Crippen molar-refractivity contribution in [1.29, 1.82) is 0 Å². The molecule has 1 aromatic carbocycles. The highest BCUT2D eigenvalue weighted by Gasteiger charge is 2.42. The smallest absolute Gasteiger partial charge is 0.320 e. The Morgan fingerprint density at radius 3 is 2.55 bits per heavy atom. The molecule has 0 radical (unpaired) electrons. The van der Waals surface area contributed by atoms with Crippen LogP contribution in [0.25, 0.3) is 0 Å². The zero-order chi connectivity index (χ0) is 14.2. The highest BCUT2D eigenvalue weighted by atomic mass is 19.3. The monoisotopic (exact) mass is 280 g/mol. The van der Waals surface area contributed by atoms with Crippen LogP contribution >= 0.6 is 0 Å². The molecule has 2 aliphatic rings. The fraction of sp³-hybridized carbons (Fsp3) is 0.533. The molecule has 0 aromatic heterocycles. The Hall–Kier alpha value is -1.65. The molecule has 2 fully saturated rings. The van der Waals surface area contributed by atoms with Crippen molar-refractivity contribution in [1.82, 2.24) is 9.80 Å². The first-order valence-electron chi connectivity index (χ1n) is 7.02. The van der Waals surface area contributed by atoms with Crippen LogP contribution in [0.15, 0.2) is 30.3 Å². The Labute approximate surface area is 117 Å². The first kappa shape index (κ1) is 13.3. The lowest BCUT2D eigenvalue weighted by Crippen LogP contribution is -2.41. The molecule has 2 saturated heterocycles. The number of carbonyl (C=O) groups excluding carboxylic acids is 1. The predicted molar refractivity (Wildman–Crippen MR) is 71.9 cm³/mol. The third-order valence-electron chi connectivity index (χ3n) is 4.17. The topological polar surface area (TPSA) is 23.6 Å². The number of nitrogens with zero attached hydrogens (tertiary/aromatic N) is 2. The van der Waals surface area contributed by atoms with Crippen molar-refractivity contribution in [2.24, 2.45) is 0 Å². The van der Waals surface area contributed by atoms with Gasteiger partial charge in [-0.1, -0.05) is 30.3 Å². The van der Waals surface area contributed by atoms with Gasteiger partial charge in [0, 0.05) is 32.0 Å². The average molecular weight is 280 g/mol. The van der Waals surface area contributed by atoms with Crippen LogP contribution in [0.3, 0.4) is 0 Å². The molecule has 2 heterocycles. The van der Waals surface area contributed by atoms with Crippen molar-refractivity contribution < 1.29 is 13.6 Å². The molecule has 3 nitrogen and oxygen atoms in total. The van der Waals surface area contributed by atoms with E-state index in [4.69, 9.17) is 0 Å². The molecule has 1 atom stereocenters. The molecule has 0 unspecified atom stereocenters. The van der Waals surface area contributed by atoms with E-state index in [9.17, 15) is 13.6 Å². The van der Waals surface area contributed by atoms with Gasteiger partial charge in [-0.25, -0.2) is 13.6 Å². The molecular weight excluding hydrogens is 262 g/mol. The third-order valence-corrected chi connectivity index (χ3v) is 4.17. The van der Waals surface area contributed by atoms with E-state index in [1.165, 1.54) is 10.5 Å². The van der Waals surface area contributed by atoms with E-state index in [1.807, 2.05) is 18.2 Å². The van der Waals surface area contributed by atoms with Crippen LogP contribution in [0.4, 0.5) is 13.6 Å². The molecule has 5 heteroatoms. The summed E-state index contributed by atoms with van der Waals surface area (Å²) in [5.41, 5.74) is 1.22. The lowest BCUT2D eigenvalue weighted by Gasteiger charge is -2.24. The van der Waals surface area contributed by atoms with Crippen LogP contribution in [0, 0.1) is 0 Å². The van der Waals surface area contributed by atoms with Gasteiger partial charge in [-0.2, -0.15) is 0 Å². The number of carbonyl (C=O) groups is 1. The Morgan fingerprint density at radius 1 is 1.15 bits per heavy atom. The molecule has 0 aliphatic carbocycles. The number of halogens is 2. The number of hydrogen-bond donors (Lipinski definition) is 0. The quantitative estimate of drug-likeness (QED) is 0.776. The van der Waals surface area contributed by atoms with E-state index < -0.39 is 12.5 Å². The summed E-state index contributed by atoms with van der Waals surface area (Å²) in [5, 5.41) is 0. The third kappa shape index (κ3) is 2.62. The Bertz CT molecular complexity index is 492. The highest BCUT2D eigenvalue weighted by Crippen LogP contribution is 2.31. The van der Waals surface area contributed by atoms with Crippen LogP contribution in [0.2, 0.25) is 0 Å². The molecule has 1 aromatic rings. The van der Waals surface area contributed by atoms with Crippen LogP contribution in [-0.4, -0.2) is 47.9 Å². The van der Waals surface area contributed by atoms with Gasteiger partial charge >= 0.3 is 6.03 Å². The van der Waals surface area contributed by atoms with Crippen LogP contribution in [0.1, 0.15) is 24.3 Å². The minimum absolute atomic E-state index is 0.165. The van der Waals surface area contributed by atoms with Crippen LogP contribution in [-0.2, 0) is 0 Å². The highest BCUT2D eigenvalue weighted by molar-refractivity contribution is 5.75. The van der Waals surface area contributed by atoms with Crippen molar-refractivity contribution in [2.45, 2.75) is 24.7 Å². The first-order valence-corrected chi connectivity index (χ1v) is 7.02. The summed E-state index contributed by atoms with van der Waals surface area (Å²) in [5.74, 6) is -2.39. The zero-order valence-electron chi connectivity index (χ0n) is 11.3. The maximum Gasteiger partial charge on any atom is 0.320 e. The minimum atomic E-state index is -2.71. The van der Waals surface area contributed by atoms with Crippen molar-refractivity contribution >= 4 is 6.03 Å². The van der Waals surface area contributed by atoms with E-state index in [0.717, 1.165) is 6.42 Å². The van der Waals surface area contributed by atoms with Gasteiger partial charge in [0.1, 0.15) is 0 Å². The van der Waals surface area contributed by atoms with Crippen molar-refractivity contribution in [3.05, 3.63) is 35.9 Å². The lowest BCUT2D eigenvalue weighted by molar-refractivity contribution is 0.0141. The summed E-state index contributed by atoms with van der Waals surface area (Å²) in [6, 6.07) is 9.82.